The van der Waals surface area contributed by atoms with Gasteiger partial charge >= 0.3 is 0 Å². The van der Waals surface area contributed by atoms with Gasteiger partial charge in [-0.15, -0.1) is 11.3 Å². The van der Waals surface area contributed by atoms with Crippen LogP contribution in [0.4, 0.5) is 0 Å². The minimum atomic E-state index is -0.727. The first-order valence-electron chi connectivity index (χ1n) is 7.90. The van der Waals surface area contributed by atoms with E-state index < -0.39 is 6.10 Å². The van der Waals surface area contributed by atoms with Crippen LogP contribution in [0.1, 0.15) is 10.4 Å². The number of carbonyl (C=O) groups excluding carboxylic acids is 1. The number of rotatable bonds is 3. The summed E-state index contributed by atoms with van der Waals surface area (Å²) in [5.74, 6) is 0.896. The van der Waals surface area contributed by atoms with E-state index >= 15 is 0 Å². The van der Waals surface area contributed by atoms with Crippen molar-refractivity contribution in [3.63, 3.8) is 0 Å². The summed E-state index contributed by atoms with van der Waals surface area (Å²) in [5.41, 5.74) is 3.64. The van der Waals surface area contributed by atoms with Crippen molar-refractivity contribution in [1.82, 2.24) is 5.43 Å². The lowest BCUT2D eigenvalue weighted by molar-refractivity contribution is -0.130. The Labute approximate surface area is 148 Å². The predicted molar refractivity (Wildman–Crippen MR) is 98.7 cm³/mol. The normalized spacial score (nSPS) is 16.3. The number of aryl methyl sites for hydroxylation is 1. The van der Waals surface area contributed by atoms with Crippen LogP contribution in [-0.4, -0.2) is 24.8 Å². The molecule has 1 N–H and O–H groups in total. The van der Waals surface area contributed by atoms with E-state index in [0.717, 1.165) is 21.2 Å². The maximum atomic E-state index is 12.3. The van der Waals surface area contributed by atoms with Gasteiger partial charge in [0.25, 0.3) is 5.91 Å². The molecule has 1 aromatic heterocycles. The number of nitrogens with one attached hydrogen (secondary N) is 1. The number of nitrogens with zero attached hydrogens (tertiary/aromatic N) is 1. The number of hydrazone groups is 1. The Kier molecular flexibility index (Phi) is 4.11. The summed E-state index contributed by atoms with van der Waals surface area (Å²) in [5, 5.41) is 8.10. The first-order valence-corrected chi connectivity index (χ1v) is 8.78. The summed E-state index contributed by atoms with van der Waals surface area (Å²) in [7, 11) is 0. The van der Waals surface area contributed by atoms with Gasteiger partial charge in [-0.05, 0) is 46.8 Å². The maximum absolute atomic E-state index is 12.3. The van der Waals surface area contributed by atoms with Crippen molar-refractivity contribution >= 4 is 34.2 Å². The van der Waals surface area contributed by atoms with Crippen LogP contribution in [-0.2, 0) is 4.79 Å². The first-order chi connectivity index (χ1) is 12.2. The smallest absolute Gasteiger partial charge is 0.284 e. The van der Waals surface area contributed by atoms with Crippen LogP contribution < -0.4 is 14.9 Å². The zero-order valence-electron chi connectivity index (χ0n) is 13.6. The highest BCUT2D eigenvalue weighted by Crippen LogP contribution is 2.35. The van der Waals surface area contributed by atoms with E-state index in [9.17, 15) is 4.79 Å². The predicted octanol–water partition coefficient (Wildman–Crippen LogP) is 3.50. The molecule has 126 valence electrons. The molecule has 0 fully saturated rings. The van der Waals surface area contributed by atoms with Crippen LogP contribution in [0.25, 0.3) is 10.8 Å². The highest BCUT2D eigenvalue weighted by atomic mass is 32.1. The van der Waals surface area contributed by atoms with Gasteiger partial charge in [-0.3, -0.25) is 4.79 Å². The lowest BCUT2D eigenvalue weighted by Crippen LogP contribution is -2.42. The molecule has 1 amide bonds. The minimum Gasteiger partial charge on any atom is -0.485 e. The van der Waals surface area contributed by atoms with E-state index in [-0.39, 0.29) is 12.5 Å². The van der Waals surface area contributed by atoms with Gasteiger partial charge in [0.05, 0.1) is 6.21 Å². The average molecular weight is 352 g/mol. The molecule has 25 heavy (non-hydrogen) atoms. The lowest BCUT2D eigenvalue weighted by atomic mass is 10.1. The second-order valence-electron chi connectivity index (χ2n) is 5.77. The van der Waals surface area contributed by atoms with Gasteiger partial charge in [0.15, 0.2) is 11.5 Å². The summed E-state index contributed by atoms with van der Waals surface area (Å²) in [4.78, 5) is 13.3. The van der Waals surface area contributed by atoms with Crippen LogP contribution in [0.15, 0.2) is 52.9 Å². The van der Waals surface area contributed by atoms with Crippen LogP contribution in [0.2, 0.25) is 0 Å². The molecule has 1 aliphatic heterocycles. The summed E-state index contributed by atoms with van der Waals surface area (Å²) in [6.45, 7) is 2.16. The topological polar surface area (TPSA) is 59.9 Å². The van der Waals surface area contributed by atoms with E-state index in [2.05, 4.69) is 10.5 Å². The van der Waals surface area contributed by atoms with Crippen molar-refractivity contribution in [3.8, 4) is 11.5 Å². The zero-order chi connectivity index (χ0) is 17.2. The molecule has 1 atom stereocenters. The Hall–Kier alpha value is -2.86. The molecule has 2 heterocycles. The van der Waals surface area contributed by atoms with Crippen LogP contribution in [0.3, 0.4) is 0 Å². The summed E-state index contributed by atoms with van der Waals surface area (Å²) in [6.07, 6.45) is 0.915. The number of benzene rings is 2. The summed E-state index contributed by atoms with van der Waals surface area (Å²) < 4.78 is 11.5. The largest absolute Gasteiger partial charge is 0.485 e. The average Bonchev–Trinajstić information content (AvgIpc) is 3.04. The van der Waals surface area contributed by atoms with Gasteiger partial charge in [0.1, 0.15) is 6.61 Å². The Bertz CT molecular complexity index is 964. The quantitative estimate of drug-likeness (QED) is 0.580. The van der Waals surface area contributed by atoms with Gasteiger partial charge < -0.3 is 9.47 Å². The number of ether oxygens (including phenoxy) is 2. The van der Waals surface area contributed by atoms with Gasteiger partial charge in [0, 0.05) is 4.88 Å². The molecule has 1 unspecified atom stereocenters. The number of hydrogen-bond donors (Lipinski definition) is 1. The third-order valence-corrected chi connectivity index (χ3v) is 4.98. The Morgan fingerprint density at radius 2 is 2.00 bits per heavy atom. The SMILES string of the molecule is Cc1ccsc1/C=N\NC(=O)C1COc2cc3ccccc3cc2O1. The molecule has 0 aliphatic carbocycles. The van der Waals surface area contributed by atoms with E-state index in [0.29, 0.717) is 11.5 Å². The number of carbonyl (C=O) groups is 1. The number of thiophene rings is 1. The molecule has 5 nitrogen and oxygen atoms in total. The number of hydrogen-bond acceptors (Lipinski definition) is 5. The van der Waals surface area contributed by atoms with Crippen molar-refractivity contribution < 1.29 is 14.3 Å². The highest BCUT2D eigenvalue weighted by molar-refractivity contribution is 7.11. The molecule has 0 spiro atoms. The van der Waals surface area contributed by atoms with Gasteiger partial charge in [-0.2, -0.15) is 5.10 Å². The van der Waals surface area contributed by atoms with E-state index in [1.54, 1.807) is 17.6 Å². The molecule has 2 aromatic carbocycles. The molecule has 0 saturated heterocycles. The van der Waals surface area contributed by atoms with Crippen LogP contribution >= 0.6 is 11.3 Å². The Morgan fingerprint density at radius 3 is 2.72 bits per heavy atom. The van der Waals surface area contributed by atoms with E-state index in [1.165, 1.54) is 0 Å². The summed E-state index contributed by atoms with van der Waals surface area (Å²) in [6, 6.07) is 13.8. The molecule has 1 aliphatic rings. The van der Waals surface area contributed by atoms with Crippen LogP contribution in [0.5, 0.6) is 11.5 Å². The van der Waals surface area contributed by atoms with Crippen molar-refractivity contribution in [1.29, 1.82) is 0 Å². The fraction of sp³-hybridized carbons (Fsp3) is 0.158. The molecular formula is C19H16N2O3S. The Balaban J connectivity index is 1.46. The third kappa shape index (κ3) is 3.21. The second kappa shape index (κ2) is 6.57. The van der Waals surface area contributed by atoms with Crippen molar-refractivity contribution in [2.75, 3.05) is 6.61 Å². The van der Waals surface area contributed by atoms with Gasteiger partial charge in [-0.25, -0.2) is 5.43 Å². The van der Waals surface area contributed by atoms with Crippen molar-refractivity contribution in [3.05, 3.63) is 58.3 Å². The van der Waals surface area contributed by atoms with E-state index in [4.69, 9.17) is 9.47 Å². The second-order valence-corrected chi connectivity index (χ2v) is 6.71. The van der Waals surface area contributed by atoms with Crippen LogP contribution in [0, 0.1) is 6.92 Å². The summed E-state index contributed by atoms with van der Waals surface area (Å²) >= 11 is 1.57. The molecule has 0 saturated carbocycles. The highest BCUT2D eigenvalue weighted by Gasteiger charge is 2.27. The lowest BCUT2D eigenvalue weighted by Gasteiger charge is -2.25. The van der Waals surface area contributed by atoms with Crippen molar-refractivity contribution in [2.24, 2.45) is 5.10 Å². The molecule has 6 heteroatoms. The molecule has 0 radical (unpaired) electrons. The van der Waals surface area contributed by atoms with Gasteiger partial charge in [-0.1, -0.05) is 24.3 Å². The molecular weight excluding hydrogens is 336 g/mol. The fourth-order valence-electron chi connectivity index (χ4n) is 2.63. The molecule has 3 aromatic rings. The van der Waals surface area contributed by atoms with Gasteiger partial charge in [0.2, 0.25) is 6.10 Å². The third-order valence-electron chi connectivity index (χ3n) is 4.02. The number of amides is 1. The molecule has 0 bridgehead atoms. The number of fused-ring (bicyclic) bond motifs is 2. The maximum Gasteiger partial charge on any atom is 0.284 e. The van der Waals surface area contributed by atoms with Crippen molar-refractivity contribution in [2.45, 2.75) is 13.0 Å². The zero-order valence-corrected chi connectivity index (χ0v) is 14.4. The monoisotopic (exact) mass is 352 g/mol. The fourth-order valence-corrected chi connectivity index (χ4v) is 3.41. The Morgan fingerprint density at radius 1 is 1.24 bits per heavy atom. The molecule has 4 rings (SSSR count). The standard InChI is InChI=1S/C19H16N2O3S/c1-12-6-7-25-18(12)10-20-21-19(22)17-11-23-15-8-13-4-2-3-5-14(13)9-16(15)24-17/h2-10,17H,11H2,1H3,(H,21,22)/b20-10-. The minimum absolute atomic E-state index is 0.157. The first kappa shape index (κ1) is 15.7. The van der Waals surface area contributed by atoms with E-state index in [1.807, 2.05) is 54.8 Å².